The zero-order valence-corrected chi connectivity index (χ0v) is 26.5. The molecule has 1 N–H and O–H groups in total. The van der Waals surface area contributed by atoms with Gasteiger partial charge in [-0.25, -0.2) is 8.42 Å². The van der Waals surface area contributed by atoms with E-state index in [0.717, 1.165) is 17.7 Å². The van der Waals surface area contributed by atoms with E-state index in [1.165, 1.54) is 36.1 Å². The van der Waals surface area contributed by atoms with Gasteiger partial charge < -0.3 is 10.2 Å². The fourth-order valence-electron chi connectivity index (χ4n) is 4.10. The van der Waals surface area contributed by atoms with Crippen LogP contribution >= 0.6 is 23.2 Å². The van der Waals surface area contributed by atoms with Crippen LogP contribution in [0, 0.1) is 6.92 Å². The number of nitrogens with zero attached hydrogens (tertiary/aromatic N) is 2. The van der Waals surface area contributed by atoms with Gasteiger partial charge >= 0.3 is 6.18 Å². The fourth-order valence-corrected chi connectivity index (χ4v) is 5.85. The summed E-state index contributed by atoms with van der Waals surface area (Å²) in [5.74, 6) is -1.33. The number of anilines is 1. The molecule has 232 valence electrons. The number of nitrogens with one attached hydrogen (secondary N) is 1. The van der Waals surface area contributed by atoms with Gasteiger partial charge in [0, 0.05) is 17.1 Å². The van der Waals surface area contributed by atoms with E-state index in [1.807, 2.05) is 0 Å². The summed E-state index contributed by atoms with van der Waals surface area (Å²) in [5.41, 5.74) is -0.992. The molecule has 0 spiro atoms. The van der Waals surface area contributed by atoms with Crippen LogP contribution in [0.15, 0.2) is 71.6 Å². The maximum atomic E-state index is 14.0. The molecule has 0 aromatic heterocycles. The Bertz CT molecular complexity index is 1570. The maximum absolute atomic E-state index is 14.0. The van der Waals surface area contributed by atoms with Crippen molar-refractivity contribution in [3.8, 4) is 0 Å². The average molecular weight is 659 g/mol. The van der Waals surface area contributed by atoms with E-state index >= 15 is 0 Å². The van der Waals surface area contributed by atoms with Crippen molar-refractivity contribution in [2.24, 2.45) is 0 Å². The van der Waals surface area contributed by atoms with Gasteiger partial charge in [0.2, 0.25) is 11.8 Å². The number of carbonyl (C=O) groups is 2. The summed E-state index contributed by atoms with van der Waals surface area (Å²) < 4.78 is 69.7. The smallest absolute Gasteiger partial charge is 0.350 e. The van der Waals surface area contributed by atoms with Crippen molar-refractivity contribution >= 4 is 50.7 Å². The van der Waals surface area contributed by atoms with Crippen molar-refractivity contribution in [3.05, 3.63) is 93.5 Å². The molecule has 43 heavy (non-hydrogen) atoms. The lowest BCUT2D eigenvalue weighted by Crippen LogP contribution is -2.54. The first-order chi connectivity index (χ1) is 19.8. The second kappa shape index (κ2) is 13.2. The number of benzene rings is 3. The SMILES string of the molecule is Cc1ccc(S(=O)(=O)N(CC(=O)N(Cc2ccc(Cl)cc2)[C@H](C)C(=O)NC(C)(C)C)c2ccc(Cl)c(C(F)(F)F)c2)cc1. The van der Waals surface area contributed by atoms with E-state index < -0.39 is 62.4 Å². The summed E-state index contributed by atoms with van der Waals surface area (Å²) >= 11 is 11.8. The second-order valence-corrected chi connectivity index (χ2v) is 13.8. The van der Waals surface area contributed by atoms with Gasteiger partial charge in [-0.1, -0.05) is 53.0 Å². The highest BCUT2D eigenvalue weighted by Crippen LogP contribution is 2.38. The molecule has 7 nitrogen and oxygen atoms in total. The minimum absolute atomic E-state index is 0.110. The number of hydrogen-bond acceptors (Lipinski definition) is 4. The number of halogens is 5. The molecule has 0 fully saturated rings. The van der Waals surface area contributed by atoms with Gasteiger partial charge in [0.25, 0.3) is 10.0 Å². The Balaban J connectivity index is 2.13. The van der Waals surface area contributed by atoms with Crippen LogP contribution in [0.5, 0.6) is 0 Å². The van der Waals surface area contributed by atoms with Crippen molar-refractivity contribution < 1.29 is 31.2 Å². The highest BCUT2D eigenvalue weighted by atomic mass is 35.5. The molecule has 0 heterocycles. The van der Waals surface area contributed by atoms with Crippen LogP contribution in [0.3, 0.4) is 0 Å². The van der Waals surface area contributed by atoms with Gasteiger partial charge in [-0.05, 0) is 82.6 Å². The molecule has 0 aliphatic rings. The van der Waals surface area contributed by atoms with Gasteiger partial charge in [0.1, 0.15) is 12.6 Å². The maximum Gasteiger partial charge on any atom is 0.417 e. The van der Waals surface area contributed by atoms with Gasteiger partial charge in [-0.3, -0.25) is 13.9 Å². The zero-order chi connectivity index (χ0) is 32.3. The average Bonchev–Trinajstić information content (AvgIpc) is 2.90. The summed E-state index contributed by atoms with van der Waals surface area (Å²) in [4.78, 5) is 28.0. The molecular formula is C30H32Cl2F3N3O4S. The van der Waals surface area contributed by atoms with E-state index in [9.17, 15) is 31.2 Å². The number of amides is 2. The predicted molar refractivity (Wildman–Crippen MR) is 162 cm³/mol. The number of alkyl halides is 3. The highest BCUT2D eigenvalue weighted by molar-refractivity contribution is 7.92. The summed E-state index contributed by atoms with van der Waals surface area (Å²) in [6, 6.07) is 13.7. The molecule has 3 aromatic rings. The lowest BCUT2D eigenvalue weighted by molar-refractivity contribution is -0.140. The van der Waals surface area contributed by atoms with Crippen molar-refractivity contribution in [1.82, 2.24) is 10.2 Å². The molecule has 3 aromatic carbocycles. The summed E-state index contributed by atoms with van der Waals surface area (Å²) in [6.45, 7) is 7.49. The predicted octanol–water partition coefficient (Wildman–Crippen LogP) is 6.85. The lowest BCUT2D eigenvalue weighted by Gasteiger charge is -2.33. The van der Waals surface area contributed by atoms with Gasteiger partial charge in [0.15, 0.2) is 0 Å². The van der Waals surface area contributed by atoms with Crippen LogP contribution in [-0.2, 0) is 32.3 Å². The van der Waals surface area contributed by atoms with E-state index in [0.29, 0.717) is 21.0 Å². The van der Waals surface area contributed by atoms with E-state index in [-0.39, 0.29) is 11.4 Å². The third-order valence-electron chi connectivity index (χ3n) is 6.36. The Hall–Kier alpha value is -3.28. The van der Waals surface area contributed by atoms with Crippen molar-refractivity contribution in [3.63, 3.8) is 0 Å². The molecule has 13 heteroatoms. The van der Waals surface area contributed by atoms with Crippen LogP contribution in [0.1, 0.15) is 44.4 Å². The number of aryl methyl sites for hydroxylation is 1. The van der Waals surface area contributed by atoms with Crippen molar-refractivity contribution in [2.45, 2.75) is 63.8 Å². The molecule has 0 radical (unpaired) electrons. The fraction of sp³-hybridized carbons (Fsp3) is 0.333. The van der Waals surface area contributed by atoms with Crippen LogP contribution in [0.4, 0.5) is 18.9 Å². The summed E-state index contributed by atoms with van der Waals surface area (Å²) in [6.07, 6.45) is -4.89. The Morgan fingerprint density at radius 1 is 0.930 bits per heavy atom. The molecular weight excluding hydrogens is 626 g/mol. The summed E-state index contributed by atoms with van der Waals surface area (Å²) in [5, 5.41) is 2.61. The van der Waals surface area contributed by atoms with Crippen LogP contribution in [0.25, 0.3) is 0 Å². The molecule has 3 rings (SSSR count). The molecule has 2 amide bonds. The number of hydrogen-bond donors (Lipinski definition) is 1. The number of sulfonamides is 1. The van der Waals surface area contributed by atoms with Gasteiger partial charge in [0.05, 0.1) is 21.2 Å². The van der Waals surface area contributed by atoms with E-state index in [1.54, 1.807) is 52.0 Å². The minimum atomic E-state index is -4.89. The second-order valence-electron chi connectivity index (χ2n) is 11.0. The molecule has 0 aliphatic carbocycles. The van der Waals surface area contributed by atoms with Gasteiger partial charge in [-0.15, -0.1) is 0 Å². The monoisotopic (exact) mass is 657 g/mol. The Morgan fingerprint density at radius 2 is 1.51 bits per heavy atom. The molecule has 0 unspecified atom stereocenters. The first-order valence-corrected chi connectivity index (χ1v) is 15.3. The van der Waals surface area contributed by atoms with Crippen LogP contribution in [0.2, 0.25) is 10.0 Å². The molecule has 0 saturated carbocycles. The first kappa shape index (κ1) is 34.2. The quantitative estimate of drug-likeness (QED) is 0.273. The highest BCUT2D eigenvalue weighted by Gasteiger charge is 2.37. The van der Waals surface area contributed by atoms with Crippen molar-refractivity contribution in [1.29, 1.82) is 0 Å². The van der Waals surface area contributed by atoms with E-state index in [4.69, 9.17) is 23.2 Å². The van der Waals surface area contributed by atoms with E-state index in [2.05, 4.69) is 5.32 Å². The number of carbonyl (C=O) groups excluding carboxylic acids is 2. The van der Waals surface area contributed by atoms with Crippen molar-refractivity contribution in [2.75, 3.05) is 10.8 Å². The molecule has 0 aliphatic heterocycles. The first-order valence-electron chi connectivity index (χ1n) is 13.1. The molecule has 0 saturated heterocycles. The lowest BCUT2D eigenvalue weighted by atomic mass is 10.1. The summed E-state index contributed by atoms with van der Waals surface area (Å²) in [7, 11) is -4.57. The normalized spacial score (nSPS) is 12.9. The Morgan fingerprint density at radius 3 is 2.05 bits per heavy atom. The van der Waals surface area contributed by atoms with Crippen LogP contribution < -0.4 is 9.62 Å². The zero-order valence-electron chi connectivity index (χ0n) is 24.2. The minimum Gasteiger partial charge on any atom is -0.350 e. The molecule has 0 bridgehead atoms. The Labute approximate surface area is 259 Å². The van der Waals surface area contributed by atoms with Gasteiger partial charge in [-0.2, -0.15) is 13.2 Å². The Kier molecular flexibility index (Phi) is 10.5. The van der Waals surface area contributed by atoms with Crippen LogP contribution in [-0.4, -0.2) is 43.3 Å². The standard InChI is InChI=1S/C30H32Cl2F3N3O4S/c1-19-6-13-24(14-7-19)43(41,42)38(23-12-15-26(32)25(16-23)30(33,34)35)18-27(39)37(17-21-8-10-22(31)11-9-21)20(2)28(40)36-29(3,4)5/h6-16,20H,17-18H2,1-5H3,(H,36,40)/t20-/m1/s1. The number of rotatable bonds is 9. The third kappa shape index (κ3) is 8.87. The third-order valence-corrected chi connectivity index (χ3v) is 8.73. The molecule has 1 atom stereocenters. The largest absolute Gasteiger partial charge is 0.417 e. The topological polar surface area (TPSA) is 86.8 Å².